The molecule has 1 aliphatic carbocycles. The average molecular weight is 214 g/mol. The van der Waals surface area contributed by atoms with Crippen LogP contribution in [-0.4, -0.2) is 47.2 Å². The monoisotopic (exact) mass is 214 g/mol. The van der Waals surface area contributed by atoms with Crippen LogP contribution in [0.1, 0.15) is 33.6 Å². The van der Waals surface area contributed by atoms with Gasteiger partial charge in [0.05, 0.1) is 12.6 Å². The largest absolute Gasteiger partial charge is 0.392 e. The molecule has 1 saturated carbocycles. The minimum Gasteiger partial charge on any atom is -0.392 e. The lowest BCUT2D eigenvalue weighted by Gasteiger charge is -2.30. The van der Waals surface area contributed by atoms with Crippen LogP contribution in [0.15, 0.2) is 0 Å². The van der Waals surface area contributed by atoms with Crippen LogP contribution in [-0.2, 0) is 4.79 Å². The molecule has 0 aromatic heterocycles. The third-order valence-electron chi connectivity index (χ3n) is 3.23. The fraction of sp³-hybridized carbons (Fsp3) is 0.909. The summed E-state index contributed by atoms with van der Waals surface area (Å²) in [6, 6.07) is 0.453. The van der Waals surface area contributed by atoms with Crippen LogP contribution < -0.4 is 5.32 Å². The van der Waals surface area contributed by atoms with Crippen LogP contribution in [0.5, 0.6) is 0 Å². The Labute approximate surface area is 91.6 Å². The highest BCUT2D eigenvalue weighted by atomic mass is 16.3. The highest BCUT2D eigenvalue weighted by Gasteiger charge is 2.30. The van der Waals surface area contributed by atoms with Gasteiger partial charge < -0.3 is 15.3 Å². The molecule has 1 atom stereocenters. The molecule has 0 radical (unpaired) electrons. The number of aliphatic hydroxyl groups is 1. The van der Waals surface area contributed by atoms with E-state index < -0.39 is 11.6 Å². The van der Waals surface area contributed by atoms with Crippen molar-refractivity contribution in [3.05, 3.63) is 0 Å². The van der Waals surface area contributed by atoms with E-state index in [-0.39, 0.29) is 5.91 Å². The first-order valence-corrected chi connectivity index (χ1v) is 5.53. The molecule has 0 aliphatic heterocycles. The molecule has 4 nitrogen and oxygen atoms in total. The molecule has 0 spiro atoms. The number of nitrogens with one attached hydrogen (secondary N) is 1. The van der Waals surface area contributed by atoms with Crippen molar-refractivity contribution in [2.45, 2.75) is 51.3 Å². The number of hydrogen-bond donors (Lipinski definition) is 2. The fourth-order valence-corrected chi connectivity index (χ4v) is 1.24. The lowest BCUT2D eigenvalue weighted by molar-refractivity contribution is -0.130. The molecule has 1 unspecified atom stereocenters. The van der Waals surface area contributed by atoms with Gasteiger partial charge in [0.15, 0.2) is 0 Å². The van der Waals surface area contributed by atoms with Crippen LogP contribution >= 0.6 is 0 Å². The number of carbonyl (C=O) groups excluding carboxylic acids is 1. The highest BCUT2D eigenvalue weighted by molar-refractivity contribution is 5.78. The summed E-state index contributed by atoms with van der Waals surface area (Å²) >= 11 is 0. The average Bonchev–Trinajstić information content (AvgIpc) is 2.96. The fourth-order valence-electron chi connectivity index (χ4n) is 1.24. The van der Waals surface area contributed by atoms with E-state index >= 15 is 0 Å². The second kappa shape index (κ2) is 4.49. The van der Waals surface area contributed by atoms with Gasteiger partial charge in [-0.25, -0.2) is 0 Å². The molecule has 1 rings (SSSR count). The molecule has 1 amide bonds. The van der Waals surface area contributed by atoms with Gasteiger partial charge in [-0.1, -0.05) is 0 Å². The maximum Gasteiger partial charge on any atom is 0.236 e. The summed E-state index contributed by atoms with van der Waals surface area (Å²) < 4.78 is 0. The number of aliphatic hydroxyl groups excluding tert-OH is 1. The van der Waals surface area contributed by atoms with E-state index in [2.05, 4.69) is 5.32 Å². The molecule has 88 valence electrons. The molecular formula is C11H22N2O2. The summed E-state index contributed by atoms with van der Waals surface area (Å²) in [4.78, 5) is 13.5. The molecule has 15 heavy (non-hydrogen) atoms. The molecule has 4 heteroatoms. The van der Waals surface area contributed by atoms with Crippen LogP contribution in [0.25, 0.3) is 0 Å². The summed E-state index contributed by atoms with van der Waals surface area (Å²) in [7, 11) is 1.84. The van der Waals surface area contributed by atoms with E-state index in [9.17, 15) is 9.90 Å². The van der Waals surface area contributed by atoms with Crippen molar-refractivity contribution >= 4 is 5.91 Å². The summed E-state index contributed by atoms with van der Waals surface area (Å²) in [5.74, 6) is 0.103. The Morgan fingerprint density at radius 3 is 2.53 bits per heavy atom. The van der Waals surface area contributed by atoms with Gasteiger partial charge in [0.1, 0.15) is 0 Å². The number of amides is 1. The van der Waals surface area contributed by atoms with Gasteiger partial charge in [0.25, 0.3) is 0 Å². The van der Waals surface area contributed by atoms with Crippen molar-refractivity contribution in [2.75, 3.05) is 13.6 Å². The van der Waals surface area contributed by atoms with Gasteiger partial charge in [0.2, 0.25) is 5.91 Å². The quantitative estimate of drug-likeness (QED) is 0.694. The third kappa shape index (κ3) is 3.47. The molecule has 0 aromatic carbocycles. The summed E-state index contributed by atoms with van der Waals surface area (Å²) in [5, 5.41) is 12.5. The van der Waals surface area contributed by atoms with Gasteiger partial charge in [0, 0.05) is 18.6 Å². The number of rotatable bonds is 5. The summed E-state index contributed by atoms with van der Waals surface area (Å²) in [6.07, 6.45) is 1.78. The van der Waals surface area contributed by atoms with Crippen LogP contribution in [0.3, 0.4) is 0 Å². The van der Waals surface area contributed by atoms with Gasteiger partial charge in [-0.05, 0) is 33.6 Å². The Morgan fingerprint density at radius 1 is 1.60 bits per heavy atom. The Kier molecular flexibility index (Phi) is 3.73. The van der Waals surface area contributed by atoms with Crippen molar-refractivity contribution in [3.8, 4) is 0 Å². The van der Waals surface area contributed by atoms with E-state index in [4.69, 9.17) is 0 Å². The van der Waals surface area contributed by atoms with Gasteiger partial charge in [-0.15, -0.1) is 0 Å². The van der Waals surface area contributed by atoms with Crippen LogP contribution in [0.2, 0.25) is 0 Å². The van der Waals surface area contributed by atoms with E-state index in [1.807, 2.05) is 20.9 Å². The van der Waals surface area contributed by atoms with Gasteiger partial charge in [-0.2, -0.15) is 0 Å². The lowest BCUT2D eigenvalue weighted by atomic mass is 9.99. The molecule has 0 saturated heterocycles. The van der Waals surface area contributed by atoms with Crippen molar-refractivity contribution in [2.24, 2.45) is 0 Å². The van der Waals surface area contributed by atoms with Crippen molar-refractivity contribution in [1.82, 2.24) is 10.2 Å². The zero-order valence-electron chi connectivity index (χ0n) is 10.1. The highest BCUT2D eigenvalue weighted by Crippen LogP contribution is 2.25. The minimum atomic E-state index is -0.475. The van der Waals surface area contributed by atoms with E-state index in [1.54, 1.807) is 11.8 Å². The van der Waals surface area contributed by atoms with Crippen LogP contribution in [0.4, 0.5) is 0 Å². The van der Waals surface area contributed by atoms with Crippen molar-refractivity contribution in [3.63, 3.8) is 0 Å². The molecule has 1 fully saturated rings. The molecule has 2 N–H and O–H groups in total. The minimum absolute atomic E-state index is 0.103. The Morgan fingerprint density at radius 2 is 2.13 bits per heavy atom. The zero-order valence-corrected chi connectivity index (χ0v) is 10.1. The summed E-state index contributed by atoms with van der Waals surface area (Å²) in [6.45, 7) is 5.80. The predicted octanol–water partition coefficient (Wildman–Crippen LogP) is 0.356. The molecule has 0 bridgehead atoms. The first-order chi connectivity index (χ1) is 6.84. The normalized spacial score (nSPS) is 18.7. The van der Waals surface area contributed by atoms with Crippen LogP contribution in [0, 0.1) is 0 Å². The van der Waals surface area contributed by atoms with Gasteiger partial charge >= 0.3 is 0 Å². The predicted molar refractivity (Wildman–Crippen MR) is 59.6 cm³/mol. The number of hydrogen-bond acceptors (Lipinski definition) is 3. The molecule has 0 heterocycles. The van der Waals surface area contributed by atoms with Crippen molar-refractivity contribution < 1.29 is 9.90 Å². The van der Waals surface area contributed by atoms with E-state index in [0.717, 1.165) is 12.8 Å². The Bertz CT molecular complexity index is 235. The second-order valence-corrected chi connectivity index (χ2v) is 4.99. The number of nitrogens with zero attached hydrogens (tertiary/aromatic N) is 1. The maximum absolute atomic E-state index is 11.7. The molecular weight excluding hydrogens is 192 g/mol. The smallest absolute Gasteiger partial charge is 0.236 e. The second-order valence-electron chi connectivity index (χ2n) is 4.99. The van der Waals surface area contributed by atoms with E-state index in [1.165, 1.54) is 0 Å². The van der Waals surface area contributed by atoms with Crippen molar-refractivity contribution in [1.29, 1.82) is 0 Å². The lowest BCUT2D eigenvalue weighted by Crippen LogP contribution is -2.51. The van der Waals surface area contributed by atoms with Gasteiger partial charge in [-0.3, -0.25) is 4.79 Å². The number of carbonyl (C=O) groups is 1. The SMILES string of the molecule is CC(O)C(C)(C)NCC(=O)N(C)C1CC1. The van der Waals surface area contributed by atoms with E-state index in [0.29, 0.717) is 12.6 Å². The third-order valence-corrected chi connectivity index (χ3v) is 3.23. The zero-order chi connectivity index (χ0) is 11.6. The first kappa shape index (κ1) is 12.5. The maximum atomic E-state index is 11.7. The first-order valence-electron chi connectivity index (χ1n) is 5.53. The standard InChI is InChI=1S/C11H22N2O2/c1-8(14)11(2,3)12-7-10(15)13(4)9-5-6-9/h8-9,12,14H,5-7H2,1-4H3. The Balaban J connectivity index is 2.32. The molecule has 1 aliphatic rings. The number of likely N-dealkylation sites (N-methyl/N-ethyl adjacent to an activating group) is 1. The summed E-state index contributed by atoms with van der Waals surface area (Å²) in [5.41, 5.74) is -0.417. The topological polar surface area (TPSA) is 52.6 Å². The Hall–Kier alpha value is -0.610. The molecule has 0 aromatic rings.